The highest BCUT2D eigenvalue weighted by Crippen LogP contribution is 2.09. The van der Waals surface area contributed by atoms with E-state index >= 15 is 0 Å². The minimum atomic E-state index is -1.32. The van der Waals surface area contributed by atoms with Crippen LogP contribution < -0.4 is 5.32 Å². The first kappa shape index (κ1) is 13.2. The van der Waals surface area contributed by atoms with Gasteiger partial charge in [0.1, 0.15) is 0 Å². The first-order chi connectivity index (χ1) is 6.90. The van der Waals surface area contributed by atoms with Gasteiger partial charge in [0.15, 0.2) is 12.1 Å². The van der Waals surface area contributed by atoms with E-state index in [2.05, 4.69) is 11.9 Å². The van der Waals surface area contributed by atoms with Crippen molar-refractivity contribution in [3.05, 3.63) is 12.2 Å². The van der Waals surface area contributed by atoms with Crippen LogP contribution in [0.25, 0.3) is 0 Å². The zero-order chi connectivity index (χ0) is 12.0. The first-order valence-electron chi connectivity index (χ1n) is 4.15. The van der Waals surface area contributed by atoms with Gasteiger partial charge in [0, 0.05) is 6.92 Å². The molecule has 0 aromatic rings. The first-order valence-corrected chi connectivity index (χ1v) is 4.15. The van der Waals surface area contributed by atoms with E-state index < -0.39 is 24.1 Å². The van der Waals surface area contributed by atoms with Gasteiger partial charge in [-0.1, -0.05) is 6.58 Å². The van der Waals surface area contributed by atoms with Crippen LogP contribution >= 0.6 is 0 Å². The second kappa shape index (κ2) is 5.79. The summed E-state index contributed by atoms with van der Waals surface area (Å²) >= 11 is 0. The molecule has 0 rings (SSSR count). The van der Waals surface area contributed by atoms with Gasteiger partial charge in [0.05, 0.1) is 0 Å². The van der Waals surface area contributed by atoms with Gasteiger partial charge in [-0.3, -0.25) is 9.59 Å². The van der Waals surface area contributed by atoms with E-state index in [1.807, 2.05) is 0 Å². The third-order valence-electron chi connectivity index (χ3n) is 1.60. The highest BCUT2D eigenvalue weighted by Gasteiger charge is 2.30. The van der Waals surface area contributed by atoms with E-state index in [0.717, 1.165) is 6.92 Å². The molecule has 0 aliphatic heterocycles. The van der Waals surface area contributed by atoms with Gasteiger partial charge in [0.2, 0.25) is 6.41 Å². The maximum absolute atomic E-state index is 10.8. The number of esters is 1. The average molecular weight is 215 g/mol. The minimum absolute atomic E-state index is 0.234. The third kappa shape index (κ3) is 4.26. The Morgan fingerprint density at radius 1 is 1.47 bits per heavy atom. The molecule has 0 fully saturated rings. The molecule has 6 heteroatoms. The lowest BCUT2D eigenvalue weighted by atomic mass is 10.1. The van der Waals surface area contributed by atoms with Crippen LogP contribution in [0.4, 0.5) is 0 Å². The van der Waals surface area contributed by atoms with Crippen LogP contribution in [-0.4, -0.2) is 35.6 Å². The largest absolute Gasteiger partial charge is 0.480 e. The molecule has 15 heavy (non-hydrogen) atoms. The van der Waals surface area contributed by atoms with E-state index in [1.54, 1.807) is 0 Å². The molecule has 0 saturated carbocycles. The van der Waals surface area contributed by atoms with Crippen LogP contribution in [-0.2, 0) is 19.1 Å². The number of carboxylic acids is 1. The minimum Gasteiger partial charge on any atom is -0.480 e. The standard InChI is InChI=1S/C9H13NO5/c1-5(2)8(15-6(3)12)7(9(13)14)10-4-11/h4,7-8H,1H2,2-3H3,(H,10,11)(H,13,14)/t7-,8+/m1/s1. The van der Waals surface area contributed by atoms with E-state index in [-0.39, 0.29) is 6.41 Å². The van der Waals surface area contributed by atoms with Gasteiger partial charge in [-0.05, 0) is 12.5 Å². The van der Waals surface area contributed by atoms with E-state index in [4.69, 9.17) is 9.84 Å². The Hall–Kier alpha value is -1.85. The lowest BCUT2D eigenvalue weighted by Gasteiger charge is -2.23. The number of rotatable bonds is 6. The molecule has 0 radical (unpaired) electrons. The number of aliphatic carboxylic acids is 1. The summed E-state index contributed by atoms with van der Waals surface area (Å²) < 4.78 is 4.75. The van der Waals surface area contributed by atoms with Gasteiger partial charge in [0.25, 0.3) is 0 Å². The summed E-state index contributed by atoms with van der Waals surface area (Å²) in [6.07, 6.45) is -0.830. The molecule has 84 valence electrons. The molecular weight excluding hydrogens is 202 g/mol. The number of nitrogens with one attached hydrogen (secondary N) is 1. The fourth-order valence-electron chi connectivity index (χ4n) is 0.993. The Bertz CT molecular complexity index is 286. The predicted molar refractivity (Wildman–Crippen MR) is 51.0 cm³/mol. The van der Waals surface area contributed by atoms with Gasteiger partial charge < -0.3 is 15.2 Å². The van der Waals surface area contributed by atoms with E-state index in [1.165, 1.54) is 6.92 Å². The van der Waals surface area contributed by atoms with Crippen LogP contribution in [0.3, 0.4) is 0 Å². The summed E-state index contributed by atoms with van der Waals surface area (Å²) in [5.41, 5.74) is 0.340. The third-order valence-corrected chi connectivity index (χ3v) is 1.60. The Kier molecular flexibility index (Phi) is 5.08. The normalized spacial score (nSPS) is 13.5. The highest BCUT2D eigenvalue weighted by molar-refractivity contribution is 5.78. The fraction of sp³-hybridized carbons (Fsp3) is 0.444. The molecule has 0 aromatic heterocycles. The topological polar surface area (TPSA) is 92.7 Å². The van der Waals surface area contributed by atoms with Crippen molar-refractivity contribution >= 4 is 18.3 Å². The lowest BCUT2D eigenvalue weighted by molar-refractivity contribution is -0.152. The molecule has 0 heterocycles. The van der Waals surface area contributed by atoms with Gasteiger partial charge in [-0.2, -0.15) is 0 Å². The molecular formula is C9H13NO5. The Balaban J connectivity index is 4.82. The van der Waals surface area contributed by atoms with E-state index in [0.29, 0.717) is 5.57 Å². The molecule has 0 spiro atoms. The Labute approximate surface area is 86.9 Å². The van der Waals surface area contributed by atoms with Crippen molar-refractivity contribution in [1.29, 1.82) is 0 Å². The average Bonchev–Trinajstić information content (AvgIpc) is 2.09. The zero-order valence-corrected chi connectivity index (χ0v) is 8.52. The highest BCUT2D eigenvalue weighted by atomic mass is 16.5. The fourth-order valence-corrected chi connectivity index (χ4v) is 0.993. The number of carbonyl (C=O) groups is 3. The maximum Gasteiger partial charge on any atom is 0.330 e. The zero-order valence-electron chi connectivity index (χ0n) is 8.52. The SMILES string of the molecule is C=C(C)[C@H](OC(C)=O)[C@@H](NC=O)C(=O)O. The number of carbonyl (C=O) groups excluding carboxylic acids is 2. The predicted octanol–water partition coefficient (Wildman–Crippen LogP) is -0.307. The van der Waals surface area contributed by atoms with Crippen molar-refractivity contribution in [3.63, 3.8) is 0 Å². The molecule has 0 aliphatic carbocycles. The Morgan fingerprint density at radius 2 is 2.00 bits per heavy atom. The number of hydrogen-bond donors (Lipinski definition) is 2. The summed E-state index contributed by atoms with van der Waals surface area (Å²) in [6.45, 7) is 6.16. The van der Waals surface area contributed by atoms with Crippen molar-refractivity contribution in [1.82, 2.24) is 5.32 Å². The molecule has 2 N–H and O–H groups in total. The van der Waals surface area contributed by atoms with Crippen LogP contribution in [0, 0.1) is 0 Å². The number of hydrogen-bond acceptors (Lipinski definition) is 4. The molecule has 0 bridgehead atoms. The summed E-state index contributed by atoms with van der Waals surface area (Å²) in [5.74, 6) is -1.93. The molecule has 0 aliphatic rings. The van der Waals surface area contributed by atoms with Crippen molar-refractivity contribution in [2.24, 2.45) is 0 Å². The molecule has 0 saturated heterocycles. The summed E-state index contributed by atoms with van der Waals surface area (Å²) in [6, 6.07) is -1.32. The van der Waals surface area contributed by atoms with Crippen molar-refractivity contribution in [2.45, 2.75) is 26.0 Å². The van der Waals surface area contributed by atoms with Crippen LogP contribution in [0.1, 0.15) is 13.8 Å². The van der Waals surface area contributed by atoms with Gasteiger partial charge in [-0.15, -0.1) is 0 Å². The van der Waals surface area contributed by atoms with Gasteiger partial charge in [-0.25, -0.2) is 4.79 Å². The summed E-state index contributed by atoms with van der Waals surface area (Å²) in [7, 11) is 0. The number of ether oxygens (including phenoxy) is 1. The molecule has 2 atom stereocenters. The van der Waals surface area contributed by atoms with E-state index in [9.17, 15) is 14.4 Å². The molecule has 0 unspecified atom stereocenters. The quantitative estimate of drug-likeness (QED) is 0.360. The second-order valence-corrected chi connectivity index (χ2v) is 2.98. The van der Waals surface area contributed by atoms with Gasteiger partial charge >= 0.3 is 11.9 Å². The molecule has 0 aromatic carbocycles. The Morgan fingerprint density at radius 3 is 2.27 bits per heavy atom. The number of carboxylic acid groups (broad SMARTS) is 1. The van der Waals surface area contributed by atoms with Crippen LogP contribution in [0.2, 0.25) is 0 Å². The van der Waals surface area contributed by atoms with Crippen molar-refractivity contribution in [2.75, 3.05) is 0 Å². The van der Waals surface area contributed by atoms with Crippen LogP contribution in [0.15, 0.2) is 12.2 Å². The maximum atomic E-state index is 10.8. The molecule has 1 amide bonds. The van der Waals surface area contributed by atoms with Crippen LogP contribution in [0.5, 0.6) is 0 Å². The summed E-state index contributed by atoms with van der Waals surface area (Å²) in [4.78, 5) is 31.7. The smallest absolute Gasteiger partial charge is 0.330 e. The molecule has 6 nitrogen and oxygen atoms in total. The van der Waals surface area contributed by atoms with Crippen molar-refractivity contribution in [3.8, 4) is 0 Å². The van der Waals surface area contributed by atoms with Crippen molar-refractivity contribution < 1.29 is 24.2 Å². The lowest BCUT2D eigenvalue weighted by Crippen LogP contribution is -2.47. The number of amides is 1. The summed E-state index contributed by atoms with van der Waals surface area (Å²) in [5, 5.41) is 10.8. The second-order valence-electron chi connectivity index (χ2n) is 2.98. The monoisotopic (exact) mass is 215 g/mol.